The van der Waals surface area contributed by atoms with Gasteiger partial charge in [0.25, 0.3) is 5.91 Å². The third-order valence-corrected chi connectivity index (χ3v) is 3.99. The molecule has 0 saturated carbocycles. The molecular formula is C16H20N4O5. The van der Waals surface area contributed by atoms with Gasteiger partial charge in [-0.3, -0.25) is 4.79 Å². The number of nitrogens with one attached hydrogen (secondary N) is 2. The topological polar surface area (TPSA) is 143 Å². The Morgan fingerprint density at radius 3 is 2.72 bits per heavy atom. The van der Waals surface area contributed by atoms with Gasteiger partial charge < -0.3 is 35.7 Å². The van der Waals surface area contributed by atoms with E-state index in [-0.39, 0.29) is 17.3 Å². The lowest BCUT2D eigenvalue weighted by atomic mass is 10.1. The molecule has 1 fully saturated rings. The third kappa shape index (κ3) is 3.49. The van der Waals surface area contributed by atoms with Gasteiger partial charge in [-0.15, -0.1) is 0 Å². The minimum atomic E-state index is -1.25. The Balaban J connectivity index is 1.71. The molecule has 1 aromatic carbocycles. The highest BCUT2D eigenvalue weighted by atomic mass is 16.7. The number of carbonyl (C=O) groups excluding carboxylic acids is 1. The van der Waals surface area contributed by atoms with E-state index < -0.39 is 30.5 Å². The van der Waals surface area contributed by atoms with E-state index in [2.05, 4.69) is 15.3 Å². The third-order valence-electron chi connectivity index (χ3n) is 3.99. The van der Waals surface area contributed by atoms with Crippen molar-refractivity contribution in [2.24, 2.45) is 0 Å². The van der Waals surface area contributed by atoms with E-state index >= 15 is 0 Å². The van der Waals surface area contributed by atoms with Gasteiger partial charge in [0.1, 0.15) is 29.8 Å². The molecule has 0 radical (unpaired) electrons. The zero-order valence-corrected chi connectivity index (χ0v) is 13.5. The van der Waals surface area contributed by atoms with E-state index in [1.807, 2.05) is 30.3 Å². The van der Waals surface area contributed by atoms with E-state index in [1.165, 1.54) is 7.11 Å². The molecule has 1 aliphatic rings. The molecule has 1 amide bonds. The van der Waals surface area contributed by atoms with Crippen LogP contribution in [-0.4, -0.2) is 51.7 Å². The average Bonchev–Trinajstić information content (AvgIpc) is 3.14. The zero-order chi connectivity index (χ0) is 18.0. The molecule has 0 spiro atoms. The van der Waals surface area contributed by atoms with Crippen LogP contribution >= 0.6 is 0 Å². The van der Waals surface area contributed by atoms with Crippen LogP contribution in [0.15, 0.2) is 30.3 Å². The van der Waals surface area contributed by atoms with Crippen molar-refractivity contribution in [2.75, 3.05) is 12.8 Å². The number of ether oxygens (including phenoxy) is 2. The molecule has 134 valence electrons. The van der Waals surface area contributed by atoms with E-state index in [9.17, 15) is 15.0 Å². The van der Waals surface area contributed by atoms with Gasteiger partial charge in [-0.25, -0.2) is 4.98 Å². The number of anilines is 1. The molecule has 2 aromatic rings. The van der Waals surface area contributed by atoms with Crippen LogP contribution in [0.25, 0.3) is 0 Å². The van der Waals surface area contributed by atoms with Gasteiger partial charge >= 0.3 is 0 Å². The van der Waals surface area contributed by atoms with Crippen molar-refractivity contribution in [3.63, 3.8) is 0 Å². The number of imidazole rings is 1. The van der Waals surface area contributed by atoms with Gasteiger partial charge in [0.05, 0.1) is 0 Å². The number of carbonyl (C=O) groups is 1. The van der Waals surface area contributed by atoms with Crippen molar-refractivity contribution >= 4 is 11.7 Å². The molecule has 25 heavy (non-hydrogen) atoms. The summed E-state index contributed by atoms with van der Waals surface area (Å²) in [5.41, 5.74) is 6.80. The van der Waals surface area contributed by atoms with Crippen LogP contribution in [0.4, 0.5) is 5.82 Å². The largest absolute Gasteiger partial charge is 0.387 e. The van der Waals surface area contributed by atoms with Crippen LogP contribution in [0.1, 0.15) is 28.0 Å². The molecular weight excluding hydrogens is 328 g/mol. The number of aromatic amines is 1. The summed E-state index contributed by atoms with van der Waals surface area (Å²) in [5.74, 6) is -0.309. The van der Waals surface area contributed by atoms with Crippen LogP contribution in [-0.2, 0) is 16.0 Å². The number of H-pyrrole nitrogens is 1. The lowest BCUT2D eigenvalue weighted by Crippen LogP contribution is -2.31. The molecule has 4 unspecified atom stereocenters. The molecule has 4 atom stereocenters. The molecule has 0 aliphatic carbocycles. The molecule has 9 heteroatoms. The van der Waals surface area contributed by atoms with Crippen LogP contribution in [0.3, 0.4) is 0 Å². The predicted molar refractivity (Wildman–Crippen MR) is 87.2 cm³/mol. The maximum Gasteiger partial charge on any atom is 0.271 e. The van der Waals surface area contributed by atoms with Gasteiger partial charge in [0, 0.05) is 13.7 Å². The Hall–Kier alpha value is -2.46. The minimum Gasteiger partial charge on any atom is -0.387 e. The molecule has 0 bridgehead atoms. The summed E-state index contributed by atoms with van der Waals surface area (Å²) in [7, 11) is 1.35. The Bertz CT molecular complexity index is 735. The summed E-state index contributed by atoms with van der Waals surface area (Å²) in [5, 5.41) is 22.6. The number of methoxy groups -OCH3 is 1. The average molecular weight is 348 g/mol. The van der Waals surface area contributed by atoms with E-state index in [0.29, 0.717) is 6.54 Å². The maximum atomic E-state index is 12.3. The van der Waals surface area contributed by atoms with E-state index in [1.54, 1.807) is 0 Å². The van der Waals surface area contributed by atoms with Crippen molar-refractivity contribution in [2.45, 2.75) is 31.1 Å². The highest BCUT2D eigenvalue weighted by Crippen LogP contribution is 2.33. The second-order valence-corrected chi connectivity index (χ2v) is 5.69. The normalized spacial score (nSPS) is 25.9. The fourth-order valence-electron chi connectivity index (χ4n) is 2.65. The zero-order valence-electron chi connectivity index (χ0n) is 13.5. The number of rotatable bonds is 5. The first kappa shape index (κ1) is 17.4. The highest BCUT2D eigenvalue weighted by Gasteiger charge is 2.45. The van der Waals surface area contributed by atoms with Gasteiger partial charge in [-0.1, -0.05) is 30.3 Å². The molecule has 3 rings (SSSR count). The van der Waals surface area contributed by atoms with Gasteiger partial charge in [-0.05, 0) is 5.56 Å². The first-order valence-electron chi connectivity index (χ1n) is 7.73. The Morgan fingerprint density at radius 2 is 2.08 bits per heavy atom. The number of hydrogen-bond acceptors (Lipinski definition) is 7. The molecule has 2 heterocycles. The van der Waals surface area contributed by atoms with Gasteiger partial charge in [0.2, 0.25) is 0 Å². The number of amides is 1. The second kappa shape index (κ2) is 7.19. The number of nitrogen functional groups attached to an aromatic ring is 1. The van der Waals surface area contributed by atoms with Crippen LogP contribution in [0.2, 0.25) is 0 Å². The summed E-state index contributed by atoms with van der Waals surface area (Å²) >= 11 is 0. The Morgan fingerprint density at radius 1 is 1.36 bits per heavy atom. The van der Waals surface area contributed by atoms with Gasteiger partial charge in [-0.2, -0.15) is 0 Å². The Kier molecular flexibility index (Phi) is 5.00. The quantitative estimate of drug-likeness (QED) is 0.498. The van der Waals surface area contributed by atoms with E-state index in [0.717, 1.165) is 5.56 Å². The minimum absolute atomic E-state index is 0.0216. The second-order valence-electron chi connectivity index (χ2n) is 5.69. The van der Waals surface area contributed by atoms with Crippen molar-refractivity contribution < 1.29 is 24.5 Å². The number of nitrogens with two attached hydrogens (primary N) is 1. The SMILES string of the molecule is COC1OC(c2nc(N)c(C(=O)NCc3ccccc3)[nH]2)C(O)C1O. The predicted octanol–water partition coefficient (Wildman–Crippen LogP) is -0.312. The number of aliphatic hydroxyl groups excluding tert-OH is 2. The lowest BCUT2D eigenvalue weighted by molar-refractivity contribution is -0.150. The van der Waals surface area contributed by atoms with Crippen molar-refractivity contribution in [1.82, 2.24) is 15.3 Å². The molecule has 1 saturated heterocycles. The van der Waals surface area contributed by atoms with Gasteiger partial charge in [0.15, 0.2) is 12.1 Å². The Labute approximate surface area is 143 Å². The number of nitrogens with zero attached hydrogens (tertiary/aromatic N) is 1. The smallest absolute Gasteiger partial charge is 0.271 e. The van der Waals surface area contributed by atoms with Crippen LogP contribution < -0.4 is 11.1 Å². The molecule has 6 N–H and O–H groups in total. The molecule has 1 aliphatic heterocycles. The first-order chi connectivity index (χ1) is 12.0. The number of aliphatic hydroxyl groups is 2. The van der Waals surface area contributed by atoms with Crippen LogP contribution in [0.5, 0.6) is 0 Å². The molecule has 9 nitrogen and oxygen atoms in total. The highest BCUT2D eigenvalue weighted by molar-refractivity contribution is 5.96. The summed E-state index contributed by atoms with van der Waals surface area (Å²) in [6.45, 7) is 0.334. The van der Waals surface area contributed by atoms with E-state index in [4.69, 9.17) is 15.2 Å². The number of aromatic nitrogens is 2. The van der Waals surface area contributed by atoms with Crippen molar-refractivity contribution in [1.29, 1.82) is 0 Å². The summed E-state index contributed by atoms with van der Waals surface area (Å²) in [4.78, 5) is 19.1. The molecule has 1 aromatic heterocycles. The summed E-state index contributed by atoms with van der Waals surface area (Å²) in [6.07, 6.45) is -4.44. The number of benzene rings is 1. The number of hydrogen-bond donors (Lipinski definition) is 5. The summed E-state index contributed by atoms with van der Waals surface area (Å²) < 4.78 is 10.3. The monoisotopic (exact) mass is 348 g/mol. The maximum absolute atomic E-state index is 12.3. The first-order valence-corrected chi connectivity index (χ1v) is 7.73. The lowest BCUT2D eigenvalue weighted by Gasteiger charge is -2.11. The standard InChI is InChI=1S/C16H20N4O5/c1-24-16-11(22)10(21)12(25-16)14-19-9(13(17)20-14)15(23)18-7-8-5-3-2-4-6-8/h2-6,10-12,16,21-22H,7,17H2,1H3,(H,18,23)(H,19,20). The van der Waals surface area contributed by atoms with Crippen molar-refractivity contribution in [3.05, 3.63) is 47.4 Å². The fourth-order valence-corrected chi connectivity index (χ4v) is 2.65. The summed E-state index contributed by atoms with van der Waals surface area (Å²) in [6, 6.07) is 9.41. The van der Waals surface area contributed by atoms with Crippen LogP contribution in [0, 0.1) is 0 Å². The fraction of sp³-hybridized carbons (Fsp3) is 0.375. The van der Waals surface area contributed by atoms with Crippen molar-refractivity contribution in [3.8, 4) is 0 Å².